The molecule has 0 amide bonds. The Labute approximate surface area is 126 Å². The molecule has 0 aromatic carbocycles. The normalized spacial score (nSPS) is 17.1. The molecule has 0 bridgehead atoms. The van der Waals surface area contributed by atoms with E-state index in [0.29, 0.717) is 18.3 Å². The number of nitrogens with two attached hydrogens (primary N) is 2. The second-order valence-electron chi connectivity index (χ2n) is 5.79. The first-order chi connectivity index (χ1) is 10.1. The first kappa shape index (κ1) is 15.8. The number of imidazole rings is 1. The Hall–Kier alpha value is -1.62. The molecule has 1 heterocycles. The Morgan fingerprint density at radius 1 is 1.52 bits per heavy atom. The monoisotopic (exact) mass is 289 g/mol. The van der Waals surface area contributed by atoms with Gasteiger partial charge in [-0.1, -0.05) is 26.0 Å². The van der Waals surface area contributed by atoms with E-state index in [2.05, 4.69) is 35.6 Å². The Kier molecular flexibility index (Phi) is 5.17. The molecule has 1 aromatic heterocycles. The summed E-state index contributed by atoms with van der Waals surface area (Å²) in [7, 11) is 0. The van der Waals surface area contributed by atoms with Gasteiger partial charge in [0.25, 0.3) is 0 Å². The maximum Gasteiger partial charge on any atom is 0.143 e. The molecule has 1 atom stereocenters. The molecule has 1 saturated carbocycles. The highest BCUT2D eigenvalue weighted by Crippen LogP contribution is 2.37. The van der Waals surface area contributed by atoms with Crippen LogP contribution in [0.15, 0.2) is 12.2 Å². The molecule has 0 saturated heterocycles. The second kappa shape index (κ2) is 6.89. The van der Waals surface area contributed by atoms with Crippen molar-refractivity contribution < 1.29 is 0 Å². The lowest BCUT2D eigenvalue weighted by Crippen LogP contribution is -2.24. The van der Waals surface area contributed by atoms with Crippen LogP contribution in [0.5, 0.6) is 0 Å². The summed E-state index contributed by atoms with van der Waals surface area (Å²) in [5.74, 6) is 1.25. The number of nitrogens with zero attached hydrogens (tertiary/aromatic N) is 2. The molecule has 1 fully saturated rings. The molecule has 1 unspecified atom stereocenters. The maximum atomic E-state index is 7.85. The zero-order valence-electron chi connectivity index (χ0n) is 13.1. The van der Waals surface area contributed by atoms with Crippen molar-refractivity contribution in [2.45, 2.75) is 57.9 Å². The van der Waals surface area contributed by atoms with Gasteiger partial charge in [-0.05, 0) is 32.2 Å². The summed E-state index contributed by atoms with van der Waals surface area (Å²) in [4.78, 5) is 4.63. The predicted molar refractivity (Wildman–Crippen MR) is 86.7 cm³/mol. The lowest BCUT2D eigenvalue weighted by Gasteiger charge is -2.31. The summed E-state index contributed by atoms with van der Waals surface area (Å²) in [6.45, 7) is 4.84. The molecule has 1 aliphatic rings. The van der Waals surface area contributed by atoms with Gasteiger partial charge in [0.2, 0.25) is 0 Å². The van der Waals surface area contributed by atoms with Gasteiger partial charge in [0.05, 0.1) is 5.69 Å². The van der Waals surface area contributed by atoms with E-state index in [9.17, 15) is 0 Å². The van der Waals surface area contributed by atoms with Gasteiger partial charge in [-0.2, -0.15) is 0 Å². The molecule has 5 nitrogen and oxygen atoms in total. The van der Waals surface area contributed by atoms with Gasteiger partial charge in [0.1, 0.15) is 17.4 Å². The molecule has 0 radical (unpaired) electrons. The number of nitrogens with one attached hydrogen (secondary N) is 1. The number of hydrogen-bond donors (Lipinski definition) is 3. The Balaban J connectivity index is 2.50. The molecule has 21 heavy (non-hydrogen) atoms. The average molecular weight is 289 g/mol. The van der Waals surface area contributed by atoms with Crippen LogP contribution in [0.3, 0.4) is 0 Å². The van der Waals surface area contributed by atoms with Gasteiger partial charge < -0.3 is 16.0 Å². The predicted octanol–water partition coefficient (Wildman–Crippen LogP) is 2.46. The van der Waals surface area contributed by atoms with Crippen molar-refractivity contribution in [2.24, 2.45) is 11.5 Å². The molecule has 2 rings (SSSR count). The van der Waals surface area contributed by atoms with Crippen LogP contribution in [0.1, 0.15) is 68.7 Å². The van der Waals surface area contributed by atoms with Crippen LogP contribution in [0.25, 0.3) is 0 Å². The van der Waals surface area contributed by atoms with E-state index >= 15 is 0 Å². The standard InChI is InChI=1S/C16H27N5/c1-3-4-6-11(2)15-14(16(18)19)20-13(9-10-17)21(15)12-7-5-8-12/h4,6,11-12H,3,5,7-10,17H2,1-2H3,(H3,18,19)/b6-4-. The zero-order chi connectivity index (χ0) is 15.4. The fourth-order valence-corrected chi connectivity index (χ4v) is 2.92. The second-order valence-corrected chi connectivity index (χ2v) is 5.79. The van der Waals surface area contributed by atoms with Crippen molar-refractivity contribution in [3.8, 4) is 0 Å². The highest BCUT2D eigenvalue weighted by atomic mass is 15.1. The van der Waals surface area contributed by atoms with Gasteiger partial charge in [-0.3, -0.25) is 5.41 Å². The molecular weight excluding hydrogens is 262 g/mol. The van der Waals surface area contributed by atoms with E-state index in [1.165, 1.54) is 19.3 Å². The van der Waals surface area contributed by atoms with Crippen LogP contribution < -0.4 is 11.5 Å². The first-order valence-corrected chi connectivity index (χ1v) is 7.92. The molecule has 116 valence electrons. The minimum absolute atomic E-state index is 0.0538. The van der Waals surface area contributed by atoms with Crippen molar-refractivity contribution in [3.63, 3.8) is 0 Å². The summed E-state index contributed by atoms with van der Waals surface area (Å²) < 4.78 is 2.32. The van der Waals surface area contributed by atoms with Crippen LogP contribution in [0.4, 0.5) is 0 Å². The fraction of sp³-hybridized carbons (Fsp3) is 0.625. The highest BCUT2D eigenvalue weighted by Gasteiger charge is 2.29. The topological polar surface area (TPSA) is 93.7 Å². The Bertz CT molecular complexity index is 525. The summed E-state index contributed by atoms with van der Waals surface area (Å²) in [6.07, 6.45) is 9.72. The summed E-state index contributed by atoms with van der Waals surface area (Å²) in [5.41, 5.74) is 13.2. The maximum absolute atomic E-state index is 7.85. The molecule has 1 aliphatic carbocycles. The minimum Gasteiger partial charge on any atom is -0.382 e. The first-order valence-electron chi connectivity index (χ1n) is 7.92. The lowest BCUT2D eigenvalue weighted by atomic mass is 9.91. The minimum atomic E-state index is 0.0538. The third kappa shape index (κ3) is 3.18. The number of amidine groups is 1. The Morgan fingerprint density at radius 2 is 2.24 bits per heavy atom. The van der Waals surface area contributed by atoms with Gasteiger partial charge in [-0.15, -0.1) is 0 Å². The number of allylic oxidation sites excluding steroid dienone is 2. The van der Waals surface area contributed by atoms with Crippen molar-refractivity contribution in [1.29, 1.82) is 5.41 Å². The molecular formula is C16H27N5. The van der Waals surface area contributed by atoms with E-state index in [-0.39, 0.29) is 11.8 Å². The molecule has 5 N–H and O–H groups in total. The summed E-state index contributed by atoms with van der Waals surface area (Å²) in [5, 5.41) is 7.85. The number of aromatic nitrogens is 2. The van der Waals surface area contributed by atoms with E-state index in [1.54, 1.807) is 0 Å². The van der Waals surface area contributed by atoms with Crippen LogP contribution in [0.2, 0.25) is 0 Å². The summed E-state index contributed by atoms with van der Waals surface area (Å²) >= 11 is 0. The molecule has 0 spiro atoms. The number of nitrogen functional groups attached to an aromatic ring is 1. The van der Waals surface area contributed by atoms with Crippen LogP contribution in [-0.2, 0) is 6.42 Å². The molecule has 0 aliphatic heterocycles. The third-order valence-electron chi connectivity index (χ3n) is 4.18. The molecule has 5 heteroatoms. The SMILES string of the molecule is CC/C=C\C(C)c1c(C(=N)N)nc(CCN)n1C1CCC1. The van der Waals surface area contributed by atoms with Gasteiger partial charge >= 0.3 is 0 Å². The zero-order valence-corrected chi connectivity index (χ0v) is 13.1. The number of rotatable bonds is 7. The van der Waals surface area contributed by atoms with Crippen molar-refractivity contribution in [1.82, 2.24) is 9.55 Å². The van der Waals surface area contributed by atoms with Gasteiger partial charge in [-0.25, -0.2) is 4.98 Å². The van der Waals surface area contributed by atoms with Crippen LogP contribution >= 0.6 is 0 Å². The highest BCUT2D eigenvalue weighted by molar-refractivity contribution is 5.94. The number of hydrogen-bond acceptors (Lipinski definition) is 3. The quantitative estimate of drug-likeness (QED) is 0.409. The van der Waals surface area contributed by atoms with Crippen molar-refractivity contribution in [2.75, 3.05) is 6.54 Å². The fourth-order valence-electron chi connectivity index (χ4n) is 2.92. The van der Waals surface area contributed by atoms with Gasteiger partial charge in [0.15, 0.2) is 0 Å². The van der Waals surface area contributed by atoms with Crippen molar-refractivity contribution in [3.05, 3.63) is 29.4 Å². The smallest absolute Gasteiger partial charge is 0.143 e. The molecule has 1 aromatic rings. The van der Waals surface area contributed by atoms with Crippen LogP contribution in [0, 0.1) is 5.41 Å². The van der Waals surface area contributed by atoms with E-state index in [1.807, 2.05) is 0 Å². The van der Waals surface area contributed by atoms with E-state index in [0.717, 1.165) is 24.4 Å². The van der Waals surface area contributed by atoms with E-state index in [4.69, 9.17) is 16.9 Å². The van der Waals surface area contributed by atoms with Crippen molar-refractivity contribution >= 4 is 5.84 Å². The van der Waals surface area contributed by atoms with Gasteiger partial charge in [0, 0.05) is 18.4 Å². The largest absolute Gasteiger partial charge is 0.382 e. The Morgan fingerprint density at radius 3 is 2.71 bits per heavy atom. The summed E-state index contributed by atoms with van der Waals surface area (Å²) in [6, 6.07) is 0.500. The van der Waals surface area contributed by atoms with Crippen LogP contribution in [-0.4, -0.2) is 21.9 Å². The van der Waals surface area contributed by atoms with E-state index < -0.39 is 0 Å². The lowest BCUT2D eigenvalue weighted by molar-refractivity contribution is 0.298. The average Bonchev–Trinajstić information content (AvgIpc) is 2.74. The third-order valence-corrected chi connectivity index (χ3v) is 4.18.